The van der Waals surface area contributed by atoms with E-state index in [-0.39, 0.29) is 6.09 Å². The van der Waals surface area contributed by atoms with Gasteiger partial charge >= 0.3 is 6.09 Å². The van der Waals surface area contributed by atoms with Crippen LogP contribution >= 0.6 is 0 Å². The first-order valence-electron chi connectivity index (χ1n) is 9.28. The second-order valence-electron chi connectivity index (χ2n) is 7.65. The van der Waals surface area contributed by atoms with Gasteiger partial charge in [0.25, 0.3) is 0 Å². The van der Waals surface area contributed by atoms with E-state index in [2.05, 4.69) is 24.4 Å². The molecule has 1 aliphatic heterocycles. The van der Waals surface area contributed by atoms with Crippen LogP contribution in [0, 0.1) is 5.92 Å². The Hall–Kier alpha value is -1.75. The molecule has 25 heavy (non-hydrogen) atoms. The van der Waals surface area contributed by atoms with Crippen LogP contribution in [-0.4, -0.2) is 42.8 Å². The van der Waals surface area contributed by atoms with E-state index in [1.807, 2.05) is 32.9 Å². The number of piperidine rings is 1. The van der Waals surface area contributed by atoms with E-state index in [1.165, 1.54) is 5.56 Å². The molecular weight excluding hydrogens is 316 g/mol. The number of benzene rings is 1. The van der Waals surface area contributed by atoms with Gasteiger partial charge in [-0.2, -0.15) is 0 Å². The lowest BCUT2D eigenvalue weighted by Gasteiger charge is -2.33. The summed E-state index contributed by atoms with van der Waals surface area (Å²) in [6.45, 7) is 11.8. The molecule has 2 rings (SSSR count). The van der Waals surface area contributed by atoms with Gasteiger partial charge in [0.2, 0.25) is 0 Å². The Bertz CT molecular complexity index is 546. The van der Waals surface area contributed by atoms with E-state index in [0.29, 0.717) is 12.5 Å². The second-order valence-corrected chi connectivity index (χ2v) is 7.65. The van der Waals surface area contributed by atoms with Crippen molar-refractivity contribution in [2.75, 3.05) is 26.2 Å². The molecule has 0 aromatic heterocycles. The highest BCUT2D eigenvalue weighted by molar-refractivity contribution is 5.68. The summed E-state index contributed by atoms with van der Waals surface area (Å²) in [4.78, 5) is 13.9. The number of ether oxygens (including phenoxy) is 2. The average molecular weight is 348 g/mol. The van der Waals surface area contributed by atoms with Gasteiger partial charge in [0, 0.05) is 19.6 Å². The fraction of sp³-hybridized carbons (Fsp3) is 0.650. The fourth-order valence-electron chi connectivity index (χ4n) is 2.84. The van der Waals surface area contributed by atoms with E-state index in [9.17, 15) is 4.79 Å². The van der Waals surface area contributed by atoms with Gasteiger partial charge in [-0.3, -0.25) is 0 Å². The number of carbonyl (C=O) groups excluding carboxylic acids is 1. The largest absolute Gasteiger partial charge is 0.493 e. The van der Waals surface area contributed by atoms with Gasteiger partial charge < -0.3 is 19.7 Å². The molecule has 0 unspecified atom stereocenters. The van der Waals surface area contributed by atoms with Crippen LogP contribution in [0.1, 0.15) is 46.1 Å². The molecule has 1 saturated heterocycles. The first kappa shape index (κ1) is 19.6. The predicted octanol–water partition coefficient (Wildman–Crippen LogP) is 3.82. The lowest BCUT2D eigenvalue weighted by atomic mass is 9.98. The summed E-state index contributed by atoms with van der Waals surface area (Å²) in [5, 5.41) is 3.32. The number of amides is 1. The normalized spacial score (nSPS) is 15.9. The van der Waals surface area contributed by atoms with Crippen molar-refractivity contribution >= 4 is 6.09 Å². The lowest BCUT2D eigenvalue weighted by molar-refractivity contribution is 0.0165. The smallest absolute Gasteiger partial charge is 0.410 e. The SMILES string of the molecule is CCNCc1cccc(OCC2CCN(C(=O)OC(C)(C)C)CC2)c1. The van der Waals surface area contributed by atoms with E-state index in [4.69, 9.17) is 9.47 Å². The Morgan fingerprint density at radius 2 is 2.00 bits per heavy atom. The molecule has 1 aromatic carbocycles. The van der Waals surface area contributed by atoms with Crippen LogP contribution in [0.2, 0.25) is 0 Å². The molecule has 1 fully saturated rings. The minimum absolute atomic E-state index is 0.206. The molecule has 140 valence electrons. The Morgan fingerprint density at radius 1 is 1.28 bits per heavy atom. The summed E-state index contributed by atoms with van der Waals surface area (Å²) in [5.41, 5.74) is 0.799. The molecule has 0 saturated carbocycles. The molecule has 1 aliphatic rings. The van der Waals surface area contributed by atoms with E-state index in [1.54, 1.807) is 4.90 Å². The van der Waals surface area contributed by atoms with Gasteiger partial charge in [0.1, 0.15) is 11.4 Å². The lowest BCUT2D eigenvalue weighted by Crippen LogP contribution is -2.42. The van der Waals surface area contributed by atoms with Crippen molar-refractivity contribution in [3.63, 3.8) is 0 Å². The number of hydrogen-bond acceptors (Lipinski definition) is 4. The molecule has 1 aromatic rings. The monoisotopic (exact) mass is 348 g/mol. The molecule has 5 heteroatoms. The van der Waals surface area contributed by atoms with Crippen LogP contribution in [0.15, 0.2) is 24.3 Å². The molecule has 0 spiro atoms. The highest BCUT2D eigenvalue weighted by atomic mass is 16.6. The molecule has 1 heterocycles. The highest BCUT2D eigenvalue weighted by Crippen LogP contribution is 2.21. The first-order chi connectivity index (χ1) is 11.9. The maximum absolute atomic E-state index is 12.1. The van der Waals surface area contributed by atoms with Gasteiger partial charge in [-0.25, -0.2) is 4.79 Å². The van der Waals surface area contributed by atoms with Gasteiger partial charge in [0.05, 0.1) is 6.61 Å². The summed E-state index contributed by atoms with van der Waals surface area (Å²) in [6, 6.07) is 8.24. The van der Waals surface area contributed by atoms with Crippen LogP contribution in [0.4, 0.5) is 4.79 Å². The average Bonchev–Trinajstić information content (AvgIpc) is 2.57. The molecule has 0 atom stereocenters. The zero-order valence-electron chi connectivity index (χ0n) is 16.0. The molecular formula is C20H32N2O3. The molecule has 1 amide bonds. The molecule has 0 bridgehead atoms. The third-order valence-corrected chi connectivity index (χ3v) is 4.23. The summed E-state index contributed by atoms with van der Waals surface area (Å²) in [5.74, 6) is 1.40. The van der Waals surface area contributed by atoms with E-state index < -0.39 is 5.60 Å². The van der Waals surface area contributed by atoms with Crippen molar-refractivity contribution in [3.8, 4) is 5.75 Å². The predicted molar refractivity (Wildman–Crippen MR) is 99.8 cm³/mol. The number of nitrogens with zero attached hydrogens (tertiary/aromatic N) is 1. The molecule has 5 nitrogen and oxygen atoms in total. The van der Waals surface area contributed by atoms with Crippen LogP contribution in [0.5, 0.6) is 5.75 Å². The van der Waals surface area contributed by atoms with Crippen LogP contribution in [0.25, 0.3) is 0 Å². The number of hydrogen-bond donors (Lipinski definition) is 1. The number of nitrogens with one attached hydrogen (secondary N) is 1. The van der Waals surface area contributed by atoms with Crippen molar-refractivity contribution in [1.29, 1.82) is 0 Å². The minimum Gasteiger partial charge on any atom is -0.493 e. The third-order valence-electron chi connectivity index (χ3n) is 4.23. The maximum atomic E-state index is 12.1. The van der Waals surface area contributed by atoms with Crippen LogP contribution in [-0.2, 0) is 11.3 Å². The Labute approximate surface area is 151 Å². The quantitative estimate of drug-likeness (QED) is 0.849. The third kappa shape index (κ3) is 6.94. The number of carbonyl (C=O) groups is 1. The summed E-state index contributed by atoms with van der Waals surface area (Å²) in [6.07, 6.45) is 1.70. The first-order valence-corrected chi connectivity index (χ1v) is 9.28. The van der Waals surface area contributed by atoms with Crippen molar-refractivity contribution in [1.82, 2.24) is 10.2 Å². The topological polar surface area (TPSA) is 50.8 Å². The van der Waals surface area contributed by atoms with E-state index in [0.717, 1.165) is 44.8 Å². The fourth-order valence-corrected chi connectivity index (χ4v) is 2.84. The van der Waals surface area contributed by atoms with Crippen LogP contribution < -0.4 is 10.1 Å². The van der Waals surface area contributed by atoms with Crippen molar-refractivity contribution in [2.24, 2.45) is 5.92 Å². The Balaban J connectivity index is 1.74. The zero-order valence-corrected chi connectivity index (χ0v) is 16.0. The van der Waals surface area contributed by atoms with Crippen LogP contribution in [0.3, 0.4) is 0 Å². The summed E-state index contributed by atoms with van der Waals surface area (Å²) < 4.78 is 11.4. The van der Waals surface area contributed by atoms with Crippen molar-refractivity contribution in [3.05, 3.63) is 29.8 Å². The second kappa shape index (κ2) is 9.09. The van der Waals surface area contributed by atoms with E-state index >= 15 is 0 Å². The summed E-state index contributed by atoms with van der Waals surface area (Å²) in [7, 11) is 0. The zero-order chi connectivity index (χ0) is 18.3. The van der Waals surface area contributed by atoms with Gasteiger partial charge in [-0.15, -0.1) is 0 Å². The van der Waals surface area contributed by atoms with Crippen molar-refractivity contribution in [2.45, 2.75) is 52.7 Å². The van der Waals surface area contributed by atoms with Crippen molar-refractivity contribution < 1.29 is 14.3 Å². The maximum Gasteiger partial charge on any atom is 0.410 e. The van der Waals surface area contributed by atoms with Gasteiger partial charge in [0.15, 0.2) is 0 Å². The molecule has 0 radical (unpaired) electrons. The Kier molecular flexibility index (Phi) is 7.12. The Morgan fingerprint density at radius 3 is 2.64 bits per heavy atom. The standard InChI is InChI=1S/C20H32N2O3/c1-5-21-14-17-7-6-8-18(13-17)24-15-16-9-11-22(12-10-16)19(23)25-20(2,3)4/h6-8,13,16,21H,5,9-12,14-15H2,1-4H3. The molecule has 1 N–H and O–H groups in total. The minimum atomic E-state index is -0.436. The highest BCUT2D eigenvalue weighted by Gasteiger charge is 2.27. The number of rotatable bonds is 6. The van der Waals surface area contributed by atoms with Gasteiger partial charge in [-0.05, 0) is 63.8 Å². The van der Waals surface area contributed by atoms with Gasteiger partial charge in [-0.1, -0.05) is 19.1 Å². The molecule has 0 aliphatic carbocycles. The summed E-state index contributed by atoms with van der Waals surface area (Å²) >= 11 is 0. The number of likely N-dealkylation sites (tertiary alicyclic amines) is 1.